The summed E-state index contributed by atoms with van der Waals surface area (Å²) in [7, 11) is 0. The molecule has 1 aromatic heterocycles. The van der Waals surface area contributed by atoms with Crippen molar-refractivity contribution in [2.45, 2.75) is 18.5 Å². The Morgan fingerprint density at radius 1 is 1.35 bits per heavy atom. The van der Waals surface area contributed by atoms with Gasteiger partial charge in [-0.3, -0.25) is 9.69 Å². The molecule has 2 saturated heterocycles. The van der Waals surface area contributed by atoms with E-state index in [-0.39, 0.29) is 31.4 Å². The summed E-state index contributed by atoms with van der Waals surface area (Å²) in [4.78, 5) is 29.5. The van der Waals surface area contributed by atoms with E-state index in [0.717, 1.165) is 0 Å². The van der Waals surface area contributed by atoms with E-state index < -0.39 is 24.1 Å². The molecule has 126 valence electrons. The molecule has 0 bridgehead atoms. The largest absolute Gasteiger partial charge is 0.471 e. The molecule has 2 aliphatic rings. The average Bonchev–Trinajstić information content (AvgIpc) is 3.17. The van der Waals surface area contributed by atoms with Gasteiger partial charge in [0.25, 0.3) is 0 Å². The zero-order chi connectivity index (χ0) is 16.6. The molecule has 11 heteroatoms. The van der Waals surface area contributed by atoms with Gasteiger partial charge < -0.3 is 14.2 Å². The maximum atomic E-state index is 12.4. The van der Waals surface area contributed by atoms with E-state index >= 15 is 0 Å². The van der Waals surface area contributed by atoms with Gasteiger partial charge in [0, 0.05) is 19.0 Å². The van der Waals surface area contributed by atoms with Crippen molar-refractivity contribution in [1.82, 2.24) is 19.9 Å². The summed E-state index contributed by atoms with van der Waals surface area (Å²) >= 11 is 0. The zero-order valence-electron chi connectivity index (χ0n) is 11.9. The van der Waals surface area contributed by atoms with Gasteiger partial charge in [-0.2, -0.15) is 18.2 Å². The number of aromatic nitrogens is 2. The smallest absolute Gasteiger partial charge is 0.448 e. The summed E-state index contributed by atoms with van der Waals surface area (Å²) < 4.78 is 46.3. The first kappa shape index (κ1) is 15.6. The van der Waals surface area contributed by atoms with E-state index in [0.29, 0.717) is 19.5 Å². The minimum atomic E-state index is -4.69. The zero-order valence-corrected chi connectivity index (χ0v) is 11.9. The fourth-order valence-corrected chi connectivity index (χ4v) is 2.55. The third kappa shape index (κ3) is 3.22. The van der Waals surface area contributed by atoms with Crippen molar-refractivity contribution >= 4 is 12.0 Å². The number of cyclic esters (lactones) is 1. The molecule has 2 aliphatic heterocycles. The second-order valence-corrected chi connectivity index (χ2v) is 5.32. The summed E-state index contributed by atoms with van der Waals surface area (Å²) in [6.45, 7) is 1.05. The monoisotopic (exact) mass is 334 g/mol. The van der Waals surface area contributed by atoms with Crippen molar-refractivity contribution in [3.05, 3.63) is 11.7 Å². The Hall–Kier alpha value is -2.33. The number of nitrogens with zero attached hydrogens (tertiary/aromatic N) is 4. The van der Waals surface area contributed by atoms with Gasteiger partial charge in [0.15, 0.2) is 5.82 Å². The SMILES string of the molecule is O=C(CN1CCOC1=O)N1CCC(c2noc(C(F)(F)F)n2)C1. The van der Waals surface area contributed by atoms with Gasteiger partial charge in [-0.05, 0) is 6.42 Å². The lowest BCUT2D eigenvalue weighted by Gasteiger charge is -2.19. The quantitative estimate of drug-likeness (QED) is 0.814. The predicted octanol–water partition coefficient (Wildman–Crippen LogP) is 0.857. The fourth-order valence-electron chi connectivity index (χ4n) is 2.55. The minimum Gasteiger partial charge on any atom is -0.448 e. The third-order valence-corrected chi connectivity index (χ3v) is 3.76. The van der Waals surface area contributed by atoms with Crippen molar-refractivity contribution in [1.29, 1.82) is 0 Å². The highest BCUT2D eigenvalue weighted by Gasteiger charge is 2.40. The molecule has 8 nitrogen and oxygen atoms in total. The fraction of sp³-hybridized carbons (Fsp3) is 0.667. The molecule has 23 heavy (non-hydrogen) atoms. The van der Waals surface area contributed by atoms with Gasteiger partial charge >= 0.3 is 18.2 Å². The minimum absolute atomic E-state index is 0.0618. The first-order valence-electron chi connectivity index (χ1n) is 6.95. The number of alkyl halides is 3. The summed E-state index contributed by atoms with van der Waals surface area (Å²) in [5.41, 5.74) is 0. The van der Waals surface area contributed by atoms with Gasteiger partial charge in [-0.25, -0.2) is 4.79 Å². The highest BCUT2D eigenvalue weighted by molar-refractivity contribution is 5.83. The molecule has 0 aliphatic carbocycles. The van der Waals surface area contributed by atoms with Crippen LogP contribution in [0.25, 0.3) is 0 Å². The number of hydrogen-bond donors (Lipinski definition) is 0. The van der Waals surface area contributed by atoms with Crippen LogP contribution in [0.4, 0.5) is 18.0 Å². The molecule has 2 amide bonds. The topological polar surface area (TPSA) is 88.8 Å². The molecule has 0 N–H and O–H groups in total. The Morgan fingerprint density at radius 3 is 2.74 bits per heavy atom. The summed E-state index contributed by atoms with van der Waals surface area (Å²) in [5.74, 6) is -2.15. The lowest BCUT2D eigenvalue weighted by Crippen LogP contribution is -2.39. The lowest BCUT2D eigenvalue weighted by atomic mass is 10.1. The van der Waals surface area contributed by atoms with E-state index in [2.05, 4.69) is 14.7 Å². The molecule has 0 radical (unpaired) electrons. The molecule has 1 atom stereocenters. The molecule has 0 aromatic carbocycles. The van der Waals surface area contributed by atoms with Crippen LogP contribution in [-0.2, 0) is 15.7 Å². The molecule has 1 unspecified atom stereocenters. The van der Waals surface area contributed by atoms with Crippen molar-refractivity contribution in [3.8, 4) is 0 Å². The molecule has 1 aromatic rings. The standard InChI is InChI=1S/C12H13F3N4O4/c13-12(14,15)10-16-9(17-23-10)7-1-2-18(5-7)8(20)6-19-3-4-22-11(19)21/h7H,1-6H2. The summed E-state index contributed by atoms with van der Waals surface area (Å²) in [5, 5.41) is 3.35. The van der Waals surface area contributed by atoms with Gasteiger partial charge in [0.2, 0.25) is 5.91 Å². The van der Waals surface area contributed by atoms with Crippen molar-refractivity contribution in [3.63, 3.8) is 0 Å². The van der Waals surface area contributed by atoms with Crippen LogP contribution in [0.3, 0.4) is 0 Å². The average molecular weight is 334 g/mol. The molecular formula is C12H13F3N4O4. The van der Waals surface area contributed by atoms with Gasteiger partial charge in [0.1, 0.15) is 13.2 Å². The highest BCUT2D eigenvalue weighted by atomic mass is 19.4. The molecular weight excluding hydrogens is 321 g/mol. The summed E-state index contributed by atoms with van der Waals surface area (Å²) in [6, 6.07) is 0. The van der Waals surface area contributed by atoms with Crippen molar-refractivity contribution in [2.24, 2.45) is 0 Å². The molecule has 3 heterocycles. The maximum Gasteiger partial charge on any atom is 0.471 e. The van der Waals surface area contributed by atoms with Crippen LogP contribution in [0.15, 0.2) is 4.52 Å². The molecule has 0 saturated carbocycles. The van der Waals surface area contributed by atoms with Gasteiger partial charge in [-0.1, -0.05) is 5.16 Å². The number of ether oxygens (including phenoxy) is 1. The van der Waals surface area contributed by atoms with Crippen LogP contribution >= 0.6 is 0 Å². The van der Waals surface area contributed by atoms with E-state index in [1.807, 2.05) is 0 Å². The molecule has 2 fully saturated rings. The van der Waals surface area contributed by atoms with Gasteiger partial charge in [0.05, 0.1) is 6.54 Å². The van der Waals surface area contributed by atoms with Gasteiger partial charge in [-0.15, -0.1) is 0 Å². The Bertz CT molecular complexity index is 618. The van der Waals surface area contributed by atoms with Crippen LogP contribution in [0.2, 0.25) is 0 Å². The first-order chi connectivity index (χ1) is 10.8. The van der Waals surface area contributed by atoms with E-state index in [4.69, 9.17) is 4.74 Å². The number of hydrogen-bond acceptors (Lipinski definition) is 6. The highest BCUT2D eigenvalue weighted by Crippen LogP contribution is 2.31. The van der Waals surface area contributed by atoms with E-state index in [9.17, 15) is 22.8 Å². The lowest BCUT2D eigenvalue weighted by molar-refractivity contribution is -0.159. The first-order valence-corrected chi connectivity index (χ1v) is 6.95. The Morgan fingerprint density at radius 2 is 2.13 bits per heavy atom. The normalized spacial score (nSPS) is 21.9. The predicted molar refractivity (Wildman–Crippen MR) is 66.2 cm³/mol. The van der Waals surface area contributed by atoms with Crippen molar-refractivity contribution < 1.29 is 32.0 Å². The number of halogens is 3. The number of amides is 2. The summed E-state index contributed by atoms with van der Waals surface area (Å²) in [6.07, 6.45) is -4.79. The second kappa shape index (κ2) is 5.70. The number of carbonyl (C=O) groups is 2. The van der Waals surface area contributed by atoms with E-state index in [1.165, 1.54) is 9.80 Å². The van der Waals surface area contributed by atoms with Crippen LogP contribution in [0, 0.1) is 0 Å². The van der Waals surface area contributed by atoms with E-state index in [1.54, 1.807) is 0 Å². The van der Waals surface area contributed by atoms with Crippen LogP contribution in [-0.4, -0.2) is 64.7 Å². The number of carbonyl (C=O) groups excluding carboxylic acids is 2. The number of likely N-dealkylation sites (tertiary alicyclic amines) is 1. The Kier molecular flexibility index (Phi) is 3.86. The second-order valence-electron chi connectivity index (χ2n) is 5.32. The number of rotatable bonds is 3. The molecule has 0 spiro atoms. The third-order valence-electron chi connectivity index (χ3n) is 3.76. The van der Waals surface area contributed by atoms with Crippen LogP contribution < -0.4 is 0 Å². The Labute approximate surface area is 128 Å². The van der Waals surface area contributed by atoms with Crippen molar-refractivity contribution in [2.75, 3.05) is 32.8 Å². The van der Waals surface area contributed by atoms with Crippen LogP contribution in [0.5, 0.6) is 0 Å². The van der Waals surface area contributed by atoms with Crippen LogP contribution in [0.1, 0.15) is 24.1 Å². The molecule has 3 rings (SSSR count). The Balaban J connectivity index is 1.58. The maximum absolute atomic E-state index is 12.4.